The maximum Gasteiger partial charge on any atom is 0.165 e. The first-order valence-electron chi connectivity index (χ1n) is 6.17. The van der Waals surface area contributed by atoms with E-state index in [0.29, 0.717) is 19.4 Å². The topological polar surface area (TPSA) is 38.3 Å². The van der Waals surface area contributed by atoms with Gasteiger partial charge >= 0.3 is 0 Å². The molecule has 100 valence electrons. The highest BCUT2D eigenvalue weighted by molar-refractivity contribution is 5.75. The summed E-state index contributed by atoms with van der Waals surface area (Å²) >= 11 is 0. The molecular formula is C14H20FNO2. The molecule has 0 saturated heterocycles. The lowest BCUT2D eigenvalue weighted by molar-refractivity contribution is -0.117. The molecule has 4 heteroatoms. The number of carbonyl (C=O) groups excluding carboxylic acids is 1. The Kier molecular flexibility index (Phi) is 5.78. The van der Waals surface area contributed by atoms with Gasteiger partial charge in [-0.25, -0.2) is 4.39 Å². The predicted molar refractivity (Wildman–Crippen MR) is 69.3 cm³/mol. The van der Waals surface area contributed by atoms with Gasteiger partial charge in [0.1, 0.15) is 5.78 Å². The van der Waals surface area contributed by atoms with E-state index in [1.165, 1.54) is 6.07 Å². The van der Waals surface area contributed by atoms with Crippen molar-refractivity contribution in [3.8, 4) is 5.75 Å². The highest BCUT2D eigenvalue weighted by atomic mass is 19.1. The third-order valence-electron chi connectivity index (χ3n) is 2.79. The van der Waals surface area contributed by atoms with Crippen LogP contribution >= 0.6 is 0 Å². The zero-order valence-electron chi connectivity index (χ0n) is 11.1. The molecular weight excluding hydrogens is 233 g/mol. The molecule has 18 heavy (non-hydrogen) atoms. The monoisotopic (exact) mass is 253 g/mol. The average Bonchev–Trinajstić information content (AvgIpc) is 2.33. The number of hydrogen-bond acceptors (Lipinski definition) is 3. The van der Waals surface area contributed by atoms with Crippen molar-refractivity contribution >= 4 is 5.78 Å². The van der Waals surface area contributed by atoms with Gasteiger partial charge in [-0.3, -0.25) is 0 Å². The summed E-state index contributed by atoms with van der Waals surface area (Å²) in [6, 6.07) is 4.91. The molecule has 0 fully saturated rings. The summed E-state index contributed by atoms with van der Waals surface area (Å²) in [5.41, 5.74) is 0.833. The molecule has 1 aromatic carbocycles. The van der Waals surface area contributed by atoms with Crippen molar-refractivity contribution in [3.05, 3.63) is 29.6 Å². The second-order valence-electron chi connectivity index (χ2n) is 4.20. The van der Waals surface area contributed by atoms with Gasteiger partial charge in [0.25, 0.3) is 0 Å². The van der Waals surface area contributed by atoms with Crippen LogP contribution in [0.4, 0.5) is 4.39 Å². The number of carbonyl (C=O) groups is 1. The van der Waals surface area contributed by atoms with Crippen molar-refractivity contribution in [2.45, 2.75) is 32.7 Å². The Bertz CT molecular complexity index is 407. The quantitative estimate of drug-likeness (QED) is 0.812. The standard InChI is InChI=1S/C14H20FNO2/c1-4-18-14-8-6-11(9-12(14)15)13(16-3)7-5-10(2)17/h6,8-9,13,16H,4-5,7H2,1-3H3. The molecule has 1 aromatic rings. The molecule has 1 atom stereocenters. The number of hydrogen-bond donors (Lipinski definition) is 1. The van der Waals surface area contributed by atoms with Gasteiger partial charge in [-0.05, 0) is 45.0 Å². The summed E-state index contributed by atoms with van der Waals surface area (Å²) in [7, 11) is 1.80. The highest BCUT2D eigenvalue weighted by Crippen LogP contribution is 2.24. The average molecular weight is 253 g/mol. The molecule has 3 nitrogen and oxygen atoms in total. The summed E-state index contributed by atoms with van der Waals surface area (Å²) in [4.78, 5) is 11.0. The first-order chi connectivity index (χ1) is 8.58. The molecule has 0 spiro atoms. The Hall–Kier alpha value is -1.42. The van der Waals surface area contributed by atoms with E-state index in [9.17, 15) is 9.18 Å². The summed E-state index contributed by atoms with van der Waals surface area (Å²) in [6.07, 6.45) is 1.15. The van der Waals surface area contributed by atoms with E-state index < -0.39 is 0 Å². The van der Waals surface area contributed by atoms with Crippen LogP contribution in [0.5, 0.6) is 5.75 Å². The van der Waals surface area contributed by atoms with Gasteiger partial charge in [0.2, 0.25) is 0 Å². The van der Waals surface area contributed by atoms with Gasteiger partial charge in [-0.1, -0.05) is 6.07 Å². The minimum Gasteiger partial charge on any atom is -0.491 e. The highest BCUT2D eigenvalue weighted by Gasteiger charge is 2.13. The van der Waals surface area contributed by atoms with Crippen LogP contribution in [0.2, 0.25) is 0 Å². The van der Waals surface area contributed by atoms with E-state index >= 15 is 0 Å². The fraction of sp³-hybridized carbons (Fsp3) is 0.500. The summed E-state index contributed by atoms with van der Waals surface area (Å²) in [5.74, 6) is 0.0433. The molecule has 0 heterocycles. The van der Waals surface area contributed by atoms with Crippen LogP contribution in [-0.2, 0) is 4.79 Å². The summed E-state index contributed by atoms with van der Waals surface area (Å²) in [6.45, 7) is 3.82. The normalized spacial score (nSPS) is 12.2. The van der Waals surface area contributed by atoms with E-state index in [0.717, 1.165) is 5.56 Å². The molecule has 0 amide bonds. The molecule has 1 rings (SSSR count). The van der Waals surface area contributed by atoms with E-state index in [-0.39, 0.29) is 23.4 Å². The Morgan fingerprint density at radius 2 is 2.22 bits per heavy atom. The van der Waals surface area contributed by atoms with Gasteiger partial charge < -0.3 is 14.8 Å². The maximum atomic E-state index is 13.7. The number of ketones is 1. The fourth-order valence-corrected chi connectivity index (χ4v) is 1.83. The van der Waals surface area contributed by atoms with Gasteiger partial charge in [0, 0.05) is 12.5 Å². The Labute approximate surface area is 107 Å². The minimum atomic E-state index is -0.363. The Balaban J connectivity index is 2.80. The molecule has 0 saturated carbocycles. The first kappa shape index (κ1) is 14.6. The summed E-state index contributed by atoms with van der Waals surface area (Å²) < 4.78 is 18.9. The van der Waals surface area contributed by atoms with Crippen LogP contribution in [0.1, 0.15) is 38.3 Å². The van der Waals surface area contributed by atoms with Crippen molar-refractivity contribution in [3.63, 3.8) is 0 Å². The number of benzene rings is 1. The first-order valence-corrected chi connectivity index (χ1v) is 6.17. The lowest BCUT2D eigenvalue weighted by Crippen LogP contribution is -2.17. The zero-order valence-corrected chi connectivity index (χ0v) is 11.1. The molecule has 0 aliphatic rings. The Morgan fingerprint density at radius 1 is 1.50 bits per heavy atom. The third-order valence-corrected chi connectivity index (χ3v) is 2.79. The number of Topliss-reactive ketones (excluding diaryl/α,β-unsaturated/α-hetero) is 1. The lowest BCUT2D eigenvalue weighted by atomic mass is 10.0. The van der Waals surface area contributed by atoms with Crippen LogP contribution in [-0.4, -0.2) is 19.4 Å². The van der Waals surface area contributed by atoms with Gasteiger partial charge in [-0.15, -0.1) is 0 Å². The zero-order chi connectivity index (χ0) is 13.5. The van der Waals surface area contributed by atoms with Crippen molar-refractivity contribution in [1.29, 1.82) is 0 Å². The molecule has 0 aliphatic heterocycles. The minimum absolute atomic E-state index is 0.0147. The van der Waals surface area contributed by atoms with Crippen LogP contribution in [0.3, 0.4) is 0 Å². The van der Waals surface area contributed by atoms with Crippen LogP contribution in [0, 0.1) is 5.82 Å². The fourth-order valence-electron chi connectivity index (χ4n) is 1.83. The molecule has 0 bridgehead atoms. The number of rotatable bonds is 7. The predicted octanol–water partition coefficient (Wildman–Crippen LogP) is 2.85. The van der Waals surface area contributed by atoms with Crippen LogP contribution in [0.25, 0.3) is 0 Å². The van der Waals surface area contributed by atoms with Crippen molar-refractivity contribution in [2.24, 2.45) is 0 Å². The Morgan fingerprint density at radius 3 is 2.72 bits per heavy atom. The summed E-state index contributed by atoms with van der Waals surface area (Å²) in [5, 5.41) is 3.09. The van der Waals surface area contributed by atoms with Crippen molar-refractivity contribution < 1.29 is 13.9 Å². The maximum absolute atomic E-state index is 13.7. The molecule has 1 unspecified atom stereocenters. The molecule has 0 aliphatic carbocycles. The van der Waals surface area contributed by atoms with Gasteiger partial charge in [0.05, 0.1) is 6.61 Å². The van der Waals surface area contributed by atoms with Crippen molar-refractivity contribution in [2.75, 3.05) is 13.7 Å². The van der Waals surface area contributed by atoms with E-state index in [2.05, 4.69) is 5.32 Å². The number of ether oxygens (including phenoxy) is 1. The molecule has 0 aromatic heterocycles. The van der Waals surface area contributed by atoms with Crippen LogP contribution < -0.4 is 10.1 Å². The third kappa shape index (κ3) is 4.11. The molecule has 0 radical (unpaired) electrons. The number of halogens is 1. The largest absolute Gasteiger partial charge is 0.491 e. The van der Waals surface area contributed by atoms with E-state index in [1.54, 1.807) is 20.0 Å². The van der Waals surface area contributed by atoms with Crippen molar-refractivity contribution in [1.82, 2.24) is 5.32 Å². The second-order valence-corrected chi connectivity index (χ2v) is 4.20. The number of nitrogens with one attached hydrogen (secondary N) is 1. The SMILES string of the molecule is CCOc1ccc(C(CCC(C)=O)NC)cc1F. The van der Waals surface area contributed by atoms with E-state index in [4.69, 9.17) is 4.74 Å². The molecule has 1 N–H and O–H groups in total. The lowest BCUT2D eigenvalue weighted by Gasteiger charge is -2.16. The van der Waals surface area contributed by atoms with Gasteiger partial charge in [-0.2, -0.15) is 0 Å². The smallest absolute Gasteiger partial charge is 0.165 e. The van der Waals surface area contributed by atoms with Crippen LogP contribution in [0.15, 0.2) is 18.2 Å². The second kappa shape index (κ2) is 7.11. The van der Waals surface area contributed by atoms with E-state index in [1.807, 2.05) is 13.0 Å². The van der Waals surface area contributed by atoms with Gasteiger partial charge in [0.15, 0.2) is 11.6 Å².